The summed E-state index contributed by atoms with van der Waals surface area (Å²) in [6.45, 7) is 3.90. The fourth-order valence-electron chi connectivity index (χ4n) is 1.23. The van der Waals surface area contributed by atoms with E-state index >= 15 is 0 Å². The van der Waals surface area contributed by atoms with Gasteiger partial charge in [0.05, 0.1) is 7.11 Å². The molecule has 0 aliphatic carbocycles. The Kier molecular flexibility index (Phi) is 8.11. The average molecular weight is 266 g/mol. The van der Waals surface area contributed by atoms with E-state index in [4.69, 9.17) is 0 Å². The minimum Gasteiger partial charge on any atom is -0.469 e. The molecular weight excluding hydrogens is 244 g/mol. The standard InChI is InChI=1S/C10H22N2O4S/c1-9(2)12-17(14,15)11-8-6-4-5-7-10(13)16-3/h9,11-12H,4-8H2,1-3H3. The van der Waals surface area contributed by atoms with Crippen LogP contribution in [0.1, 0.15) is 39.5 Å². The van der Waals surface area contributed by atoms with Crippen LogP contribution < -0.4 is 9.44 Å². The highest BCUT2D eigenvalue weighted by Gasteiger charge is 2.09. The van der Waals surface area contributed by atoms with Crippen LogP contribution in [0.4, 0.5) is 0 Å². The molecule has 0 bridgehead atoms. The van der Waals surface area contributed by atoms with Crippen molar-refractivity contribution in [1.82, 2.24) is 9.44 Å². The lowest BCUT2D eigenvalue weighted by molar-refractivity contribution is -0.140. The molecule has 0 saturated carbocycles. The van der Waals surface area contributed by atoms with Crippen LogP contribution in [0.2, 0.25) is 0 Å². The fraction of sp³-hybridized carbons (Fsp3) is 0.900. The normalized spacial score (nSPS) is 11.8. The zero-order valence-corrected chi connectivity index (χ0v) is 11.5. The predicted molar refractivity (Wildman–Crippen MR) is 65.7 cm³/mol. The van der Waals surface area contributed by atoms with Gasteiger partial charge in [-0.05, 0) is 26.7 Å². The fourth-order valence-corrected chi connectivity index (χ4v) is 2.35. The van der Waals surface area contributed by atoms with Crippen molar-refractivity contribution >= 4 is 16.2 Å². The highest BCUT2D eigenvalue weighted by molar-refractivity contribution is 7.87. The molecule has 0 amide bonds. The SMILES string of the molecule is COC(=O)CCCCCNS(=O)(=O)NC(C)C. The Morgan fingerprint density at radius 2 is 1.88 bits per heavy atom. The van der Waals surface area contributed by atoms with Crippen LogP contribution in [0.25, 0.3) is 0 Å². The highest BCUT2D eigenvalue weighted by Crippen LogP contribution is 2.00. The Balaban J connectivity index is 3.55. The molecule has 0 radical (unpaired) electrons. The highest BCUT2D eigenvalue weighted by atomic mass is 32.2. The summed E-state index contributed by atoms with van der Waals surface area (Å²) >= 11 is 0. The Labute approximate surface area is 103 Å². The maximum absolute atomic E-state index is 11.3. The Morgan fingerprint density at radius 1 is 1.24 bits per heavy atom. The zero-order valence-electron chi connectivity index (χ0n) is 10.7. The molecule has 2 N–H and O–H groups in total. The third-order valence-corrected chi connectivity index (χ3v) is 3.33. The second-order valence-corrected chi connectivity index (χ2v) is 5.59. The Bertz CT molecular complexity index is 314. The van der Waals surface area contributed by atoms with E-state index in [2.05, 4.69) is 14.2 Å². The third-order valence-electron chi connectivity index (χ3n) is 1.97. The maximum Gasteiger partial charge on any atom is 0.305 e. The first-order valence-corrected chi connectivity index (χ1v) is 7.19. The van der Waals surface area contributed by atoms with Crippen molar-refractivity contribution in [3.05, 3.63) is 0 Å². The average Bonchev–Trinajstić information content (AvgIpc) is 2.20. The van der Waals surface area contributed by atoms with Crippen molar-refractivity contribution in [2.24, 2.45) is 0 Å². The van der Waals surface area contributed by atoms with Gasteiger partial charge >= 0.3 is 5.97 Å². The molecule has 17 heavy (non-hydrogen) atoms. The maximum atomic E-state index is 11.3. The summed E-state index contributed by atoms with van der Waals surface area (Å²) in [7, 11) is -2.03. The van der Waals surface area contributed by atoms with E-state index in [-0.39, 0.29) is 12.0 Å². The summed E-state index contributed by atoms with van der Waals surface area (Å²) in [5.74, 6) is -0.230. The second kappa shape index (κ2) is 8.43. The molecule has 0 heterocycles. The van der Waals surface area contributed by atoms with Gasteiger partial charge in [-0.25, -0.2) is 4.72 Å². The quantitative estimate of drug-likeness (QED) is 0.471. The smallest absolute Gasteiger partial charge is 0.305 e. The van der Waals surface area contributed by atoms with E-state index in [1.165, 1.54) is 7.11 Å². The molecular formula is C10H22N2O4S. The van der Waals surface area contributed by atoms with E-state index in [0.29, 0.717) is 25.8 Å². The molecule has 0 rings (SSSR count). The monoisotopic (exact) mass is 266 g/mol. The van der Waals surface area contributed by atoms with Crippen molar-refractivity contribution in [2.75, 3.05) is 13.7 Å². The molecule has 0 unspecified atom stereocenters. The van der Waals surface area contributed by atoms with E-state index < -0.39 is 10.2 Å². The number of esters is 1. The van der Waals surface area contributed by atoms with Crippen LogP contribution in [0.5, 0.6) is 0 Å². The summed E-state index contributed by atoms with van der Waals surface area (Å²) in [5.41, 5.74) is 0. The molecule has 0 aliphatic rings. The van der Waals surface area contributed by atoms with Crippen molar-refractivity contribution in [3.63, 3.8) is 0 Å². The van der Waals surface area contributed by atoms with Gasteiger partial charge in [0.1, 0.15) is 0 Å². The summed E-state index contributed by atoms with van der Waals surface area (Å²) in [6, 6.07) is -0.119. The molecule has 0 aromatic rings. The van der Waals surface area contributed by atoms with E-state index in [9.17, 15) is 13.2 Å². The molecule has 6 nitrogen and oxygen atoms in total. The van der Waals surface area contributed by atoms with E-state index in [0.717, 1.165) is 6.42 Å². The van der Waals surface area contributed by atoms with Crippen LogP contribution >= 0.6 is 0 Å². The summed E-state index contributed by atoms with van der Waals surface area (Å²) in [6.07, 6.45) is 2.59. The molecule has 0 atom stereocenters. The van der Waals surface area contributed by atoms with Crippen molar-refractivity contribution in [2.45, 2.75) is 45.6 Å². The van der Waals surface area contributed by atoms with Gasteiger partial charge in [-0.3, -0.25) is 4.79 Å². The van der Waals surface area contributed by atoms with Gasteiger partial charge in [-0.1, -0.05) is 6.42 Å². The predicted octanol–water partition coefficient (Wildman–Crippen LogP) is 0.552. The number of hydrogen-bond donors (Lipinski definition) is 2. The lowest BCUT2D eigenvalue weighted by atomic mass is 10.2. The molecule has 7 heteroatoms. The van der Waals surface area contributed by atoms with Crippen LogP contribution in [0.3, 0.4) is 0 Å². The van der Waals surface area contributed by atoms with Crippen molar-refractivity contribution < 1.29 is 17.9 Å². The van der Waals surface area contributed by atoms with Gasteiger partial charge in [0.2, 0.25) is 0 Å². The number of carbonyl (C=O) groups excluding carboxylic acids is 1. The molecule has 102 valence electrons. The molecule has 0 saturated heterocycles. The molecule has 0 aromatic heterocycles. The molecule has 0 spiro atoms. The second-order valence-electron chi connectivity index (χ2n) is 4.06. The number of hydrogen-bond acceptors (Lipinski definition) is 4. The van der Waals surface area contributed by atoms with Crippen LogP contribution in [0, 0.1) is 0 Å². The number of nitrogens with one attached hydrogen (secondary N) is 2. The molecule has 0 aliphatic heterocycles. The van der Waals surface area contributed by atoms with Gasteiger partial charge in [0.25, 0.3) is 10.2 Å². The first-order valence-electron chi connectivity index (χ1n) is 5.71. The van der Waals surface area contributed by atoms with E-state index in [1.807, 2.05) is 0 Å². The van der Waals surface area contributed by atoms with Gasteiger partial charge in [-0.15, -0.1) is 0 Å². The van der Waals surface area contributed by atoms with Gasteiger partial charge in [0, 0.05) is 19.0 Å². The number of rotatable bonds is 9. The first kappa shape index (κ1) is 16.3. The number of ether oxygens (including phenoxy) is 1. The van der Waals surface area contributed by atoms with Gasteiger partial charge < -0.3 is 4.74 Å². The molecule has 0 fully saturated rings. The van der Waals surface area contributed by atoms with Crippen LogP contribution in [-0.4, -0.2) is 34.1 Å². The zero-order chi connectivity index (χ0) is 13.3. The van der Waals surface area contributed by atoms with E-state index in [1.54, 1.807) is 13.8 Å². The third kappa shape index (κ3) is 10.2. The summed E-state index contributed by atoms with van der Waals surface area (Å²) < 4.78 is 32.0. The lowest BCUT2D eigenvalue weighted by Crippen LogP contribution is -2.40. The summed E-state index contributed by atoms with van der Waals surface area (Å²) in [5, 5.41) is 0. The van der Waals surface area contributed by atoms with Crippen molar-refractivity contribution in [3.8, 4) is 0 Å². The first-order chi connectivity index (χ1) is 7.87. The number of carbonyl (C=O) groups is 1. The van der Waals surface area contributed by atoms with Gasteiger partial charge in [0.15, 0.2) is 0 Å². The lowest BCUT2D eigenvalue weighted by Gasteiger charge is -2.10. The summed E-state index contributed by atoms with van der Waals surface area (Å²) in [4.78, 5) is 10.8. The Morgan fingerprint density at radius 3 is 2.41 bits per heavy atom. The van der Waals surface area contributed by atoms with Crippen molar-refractivity contribution in [1.29, 1.82) is 0 Å². The Hall–Kier alpha value is -0.660. The largest absolute Gasteiger partial charge is 0.469 e. The topological polar surface area (TPSA) is 84.5 Å². The molecule has 0 aromatic carbocycles. The minimum atomic E-state index is -3.38. The minimum absolute atomic E-state index is 0.119. The number of unbranched alkanes of at least 4 members (excludes halogenated alkanes) is 2. The van der Waals surface area contributed by atoms with Crippen LogP contribution in [-0.2, 0) is 19.7 Å². The van der Waals surface area contributed by atoms with Gasteiger partial charge in [-0.2, -0.15) is 13.1 Å². The van der Waals surface area contributed by atoms with Crippen LogP contribution in [0.15, 0.2) is 0 Å². The number of methoxy groups -OCH3 is 1.